The van der Waals surface area contributed by atoms with E-state index in [-0.39, 0.29) is 56.9 Å². The molecule has 1 saturated heterocycles. The first kappa shape index (κ1) is 28.5. The minimum Gasteiger partial charge on any atom is -0.508 e. The maximum absolute atomic E-state index is 16.6. The second-order valence-corrected chi connectivity index (χ2v) is 10.9. The van der Waals surface area contributed by atoms with E-state index in [0.717, 1.165) is 31.6 Å². The quantitative estimate of drug-likeness (QED) is 0.165. The number of ketones is 1. The number of nitrogens with one attached hydrogen (secondary N) is 1. The van der Waals surface area contributed by atoms with Crippen LogP contribution < -0.4 is 5.32 Å². The van der Waals surface area contributed by atoms with Gasteiger partial charge in [-0.2, -0.15) is 18.3 Å². The Morgan fingerprint density at radius 3 is 2.33 bits per heavy atom. The number of fused-ring (bicyclic) bond motifs is 3. The zero-order valence-electron chi connectivity index (χ0n) is 22.5. The van der Waals surface area contributed by atoms with Gasteiger partial charge in [0.1, 0.15) is 28.5 Å². The third kappa shape index (κ3) is 4.75. The number of aliphatic carboxylic acids is 1. The molecule has 2 aromatic carbocycles. The number of phenols is 1. The van der Waals surface area contributed by atoms with Crippen LogP contribution >= 0.6 is 0 Å². The average molecular weight is 599 g/mol. The molecule has 0 spiro atoms. The van der Waals surface area contributed by atoms with Crippen molar-refractivity contribution in [1.82, 2.24) is 20.1 Å². The highest BCUT2D eigenvalue weighted by Gasteiger charge is 2.56. The molecule has 3 heterocycles. The van der Waals surface area contributed by atoms with Gasteiger partial charge in [-0.15, -0.1) is 6.42 Å². The number of terminal acetylenes is 1. The van der Waals surface area contributed by atoms with E-state index in [1.807, 2.05) is 0 Å². The van der Waals surface area contributed by atoms with Crippen LogP contribution in [-0.4, -0.2) is 56.0 Å². The second kappa shape index (κ2) is 10.0. The summed E-state index contributed by atoms with van der Waals surface area (Å²) in [7, 11) is 0. The lowest BCUT2D eigenvalue weighted by Gasteiger charge is -2.14. The largest absolute Gasteiger partial charge is 0.508 e. The van der Waals surface area contributed by atoms with Gasteiger partial charge in [-0.05, 0) is 61.4 Å². The molecule has 3 N–H and O–H groups in total. The summed E-state index contributed by atoms with van der Waals surface area (Å²) in [4.78, 5) is 26.3. The van der Waals surface area contributed by atoms with Crippen molar-refractivity contribution < 1.29 is 41.8 Å². The zero-order chi connectivity index (χ0) is 31.0. The number of Topliss-reactive ketones (excluding diaryl/α,β-unsaturated/α-hetero) is 1. The summed E-state index contributed by atoms with van der Waals surface area (Å²) in [5.41, 5.74) is 1.06. The number of nitrogens with zero attached hydrogens (tertiary/aromatic N) is 3. The van der Waals surface area contributed by atoms with Crippen molar-refractivity contribution >= 4 is 33.4 Å². The van der Waals surface area contributed by atoms with Gasteiger partial charge in [0, 0.05) is 23.8 Å². The van der Waals surface area contributed by atoms with Crippen LogP contribution in [0.1, 0.15) is 53.5 Å². The van der Waals surface area contributed by atoms with E-state index in [2.05, 4.69) is 16.2 Å². The molecule has 43 heavy (non-hydrogen) atoms. The number of aromatic nitrogens is 3. The average Bonchev–Trinajstić information content (AvgIpc) is 3.81. The number of alkyl halides is 3. The lowest BCUT2D eigenvalue weighted by Crippen LogP contribution is -2.21. The molecule has 3 aliphatic rings. The number of phenolic OH excluding ortho intramolecular Hbond substituents is 1. The van der Waals surface area contributed by atoms with Gasteiger partial charge in [0.15, 0.2) is 11.6 Å². The van der Waals surface area contributed by atoms with Gasteiger partial charge >= 0.3 is 12.1 Å². The molecule has 2 saturated carbocycles. The Labute approximate surface area is 240 Å². The minimum atomic E-state index is -5.08. The van der Waals surface area contributed by atoms with Crippen LogP contribution in [0.3, 0.4) is 0 Å². The summed E-state index contributed by atoms with van der Waals surface area (Å²) in [6, 6.07) is 5.50. The molecule has 1 aliphatic heterocycles. The van der Waals surface area contributed by atoms with Crippen molar-refractivity contribution in [2.24, 2.45) is 11.8 Å². The van der Waals surface area contributed by atoms with Crippen molar-refractivity contribution in [3.8, 4) is 29.4 Å². The minimum absolute atomic E-state index is 0.0529. The van der Waals surface area contributed by atoms with E-state index in [9.17, 15) is 27.5 Å². The Bertz CT molecular complexity index is 1880. The molecule has 1 unspecified atom stereocenters. The fourth-order valence-electron chi connectivity index (χ4n) is 6.05. The number of hydrogen-bond acceptors (Lipinski definition) is 6. The van der Waals surface area contributed by atoms with Gasteiger partial charge in [-0.25, -0.2) is 18.6 Å². The summed E-state index contributed by atoms with van der Waals surface area (Å²) < 4.78 is 64.7. The molecule has 8 nitrogen and oxygen atoms in total. The van der Waals surface area contributed by atoms with Crippen molar-refractivity contribution in [1.29, 1.82) is 0 Å². The predicted molar refractivity (Wildman–Crippen MR) is 145 cm³/mol. The van der Waals surface area contributed by atoms with Gasteiger partial charge in [0.05, 0.1) is 22.7 Å². The molecule has 0 amide bonds. The number of carbonyl (C=O) groups excluding carboxylic acids is 1. The highest BCUT2D eigenvalue weighted by Crippen LogP contribution is 2.58. The monoisotopic (exact) mass is 598 g/mol. The van der Waals surface area contributed by atoms with E-state index in [0.29, 0.717) is 22.6 Å². The standard InChI is InChI=1S/C28H22F2N4O2.C2HF3O2/c1-3-16-20(29)7-4-13-8-15(36)9-17(21(13)16)26-24(30)28-23(25(32-26)12(2)35)27(33-34(28)14-5-6-14)22-18-10-31-11-19(18)22;3-2(4,5)1(6)7/h1,4,7-9,14,18-19,22,31,36H,5-6,10-11H2,2H3;(H,6,7)/t18-,19+,22?;. The normalized spacial score (nSPS) is 20.8. The van der Waals surface area contributed by atoms with Crippen LogP contribution in [0.25, 0.3) is 32.9 Å². The van der Waals surface area contributed by atoms with E-state index in [1.165, 1.54) is 31.2 Å². The topological polar surface area (TPSA) is 117 Å². The molecule has 222 valence electrons. The van der Waals surface area contributed by atoms with Crippen LogP contribution in [0.5, 0.6) is 5.75 Å². The smallest absolute Gasteiger partial charge is 0.490 e. The summed E-state index contributed by atoms with van der Waals surface area (Å²) in [6.45, 7) is 3.17. The lowest BCUT2D eigenvalue weighted by molar-refractivity contribution is -0.192. The fourth-order valence-corrected chi connectivity index (χ4v) is 6.05. The molecule has 0 bridgehead atoms. The summed E-state index contributed by atoms with van der Waals surface area (Å²) in [5, 5.41) is 27.0. The van der Waals surface area contributed by atoms with Crippen LogP contribution in [0.15, 0.2) is 24.3 Å². The molecule has 4 aromatic rings. The van der Waals surface area contributed by atoms with Crippen LogP contribution in [0.4, 0.5) is 22.0 Å². The Morgan fingerprint density at radius 1 is 1.12 bits per heavy atom. The fraction of sp³-hybridized carbons (Fsp3) is 0.333. The summed E-state index contributed by atoms with van der Waals surface area (Å²) in [5.74, 6) is -1.12. The first-order chi connectivity index (χ1) is 20.3. The lowest BCUT2D eigenvalue weighted by atomic mass is 9.95. The first-order valence-corrected chi connectivity index (χ1v) is 13.4. The summed E-state index contributed by atoms with van der Waals surface area (Å²) >= 11 is 0. The number of hydrogen-bond donors (Lipinski definition) is 3. The third-order valence-electron chi connectivity index (χ3n) is 8.14. The number of carboxylic acids is 1. The molecular formula is C30H23F5N4O4. The van der Waals surface area contributed by atoms with Crippen molar-refractivity contribution in [3.05, 3.63) is 52.9 Å². The number of halogens is 5. The number of pyridine rings is 1. The number of piperidine rings is 1. The van der Waals surface area contributed by atoms with Crippen LogP contribution in [-0.2, 0) is 4.79 Å². The van der Waals surface area contributed by atoms with Gasteiger partial charge in [0.2, 0.25) is 0 Å². The van der Waals surface area contributed by atoms with Crippen molar-refractivity contribution in [2.75, 3.05) is 13.1 Å². The molecule has 13 heteroatoms. The predicted octanol–water partition coefficient (Wildman–Crippen LogP) is 5.32. The Balaban J connectivity index is 0.000000423. The van der Waals surface area contributed by atoms with Crippen LogP contribution in [0, 0.1) is 35.8 Å². The highest BCUT2D eigenvalue weighted by molar-refractivity contribution is 6.09. The molecule has 2 aliphatic carbocycles. The molecule has 3 atom stereocenters. The molecular weight excluding hydrogens is 575 g/mol. The van der Waals surface area contributed by atoms with E-state index in [4.69, 9.17) is 21.4 Å². The zero-order valence-corrected chi connectivity index (χ0v) is 22.5. The van der Waals surface area contributed by atoms with Gasteiger partial charge in [-0.1, -0.05) is 12.0 Å². The molecule has 7 rings (SSSR count). The van der Waals surface area contributed by atoms with Crippen molar-refractivity contribution in [2.45, 2.75) is 37.9 Å². The second-order valence-electron chi connectivity index (χ2n) is 10.9. The van der Waals surface area contributed by atoms with E-state index < -0.39 is 23.8 Å². The number of carbonyl (C=O) groups is 2. The SMILES string of the molecule is C#Cc1c(F)ccc2cc(O)cc(-c3nc(C(C)=O)c4c(C5[C@H]6CNC[C@@H]56)nn(C5CC5)c4c3F)c12.O=C(O)C(F)(F)F. The molecule has 3 fully saturated rings. The summed E-state index contributed by atoms with van der Waals surface area (Å²) in [6.07, 6.45) is 2.30. The van der Waals surface area contributed by atoms with E-state index >= 15 is 4.39 Å². The van der Waals surface area contributed by atoms with E-state index in [1.54, 1.807) is 4.68 Å². The Hall–Kier alpha value is -4.57. The van der Waals surface area contributed by atoms with Crippen LogP contribution in [0.2, 0.25) is 0 Å². The van der Waals surface area contributed by atoms with Gasteiger partial charge in [-0.3, -0.25) is 9.48 Å². The molecule has 2 aromatic heterocycles. The highest BCUT2D eigenvalue weighted by atomic mass is 19.4. The number of benzene rings is 2. The number of rotatable bonds is 4. The third-order valence-corrected chi connectivity index (χ3v) is 8.14. The first-order valence-electron chi connectivity index (χ1n) is 13.4. The van der Waals surface area contributed by atoms with Gasteiger partial charge < -0.3 is 15.5 Å². The molecule has 0 radical (unpaired) electrons. The van der Waals surface area contributed by atoms with Crippen molar-refractivity contribution in [3.63, 3.8) is 0 Å². The maximum atomic E-state index is 16.6. The Morgan fingerprint density at radius 2 is 1.77 bits per heavy atom. The number of carboxylic acid groups (broad SMARTS) is 1. The maximum Gasteiger partial charge on any atom is 0.490 e. The van der Waals surface area contributed by atoms with Gasteiger partial charge in [0.25, 0.3) is 0 Å². The Kier molecular flexibility index (Phi) is 6.65. The number of aromatic hydroxyl groups is 1.